The van der Waals surface area contributed by atoms with Crippen molar-refractivity contribution in [2.24, 2.45) is 0 Å². The summed E-state index contributed by atoms with van der Waals surface area (Å²) in [5, 5.41) is 12.8. The highest BCUT2D eigenvalue weighted by molar-refractivity contribution is 5.94. The Bertz CT molecular complexity index is 1010. The van der Waals surface area contributed by atoms with Gasteiger partial charge in [0, 0.05) is 24.3 Å². The Morgan fingerprint density at radius 1 is 1.26 bits per heavy atom. The number of anilines is 2. The number of nitrogens with zero attached hydrogens (tertiary/aromatic N) is 3. The van der Waals surface area contributed by atoms with Gasteiger partial charge in [-0.25, -0.2) is 9.78 Å². The highest BCUT2D eigenvalue weighted by Crippen LogP contribution is 2.29. The lowest BCUT2D eigenvalue weighted by molar-refractivity contribution is 0.0698. The third kappa shape index (κ3) is 3.30. The number of rotatable bonds is 5. The summed E-state index contributed by atoms with van der Waals surface area (Å²) >= 11 is 0. The summed E-state index contributed by atoms with van der Waals surface area (Å²) in [5.41, 5.74) is 4.68. The van der Waals surface area contributed by atoms with Crippen LogP contribution in [0.3, 0.4) is 0 Å². The number of para-hydroxylation sites is 1. The van der Waals surface area contributed by atoms with Gasteiger partial charge in [-0.3, -0.25) is 4.98 Å². The molecule has 1 saturated heterocycles. The Labute approximate surface area is 157 Å². The van der Waals surface area contributed by atoms with Gasteiger partial charge in [-0.2, -0.15) is 0 Å². The predicted molar refractivity (Wildman–Crippen MR) is 107 cm³/mol. The summed E-state index contributed by atoms with van der Waals surface area (Å²) in [5.74, 6) is -0.0451. The van der Waals surface area contributed by atoms with Gasteiger partial charge in [0.2, 0.25) is 0 Å². The number of carboxylic acid groups (broad SMARTS) is 1. The zero-order valence-electron chi connectivity index (χ0n) is 15.4. The van der Waals surface area contributed by atoms with E-state index < -0.39 is 5.97 Å². The maximum atomic E-state index is 11.5. The van der Waals surface area contributed by atoms with E-state index in [2.05, 4.69) is 21.3 Å². The second-order valence-electron chi connectivity index (χ2n) is 7.01. The first-order chi connectivity index (χ1) is 13.0. The molecule has 0 spiro atoms. The van der Waals surface area contributed by atoms with Gasteiger partial charge in [0.05, 0.1) is 28.8 Å². The van der Waals surface area contributed by atoms with Crippen LogP contribution in [0.4, 0.5) is 11.5 Å². The number of aromatic nitrogens is 2. The third-order valence-corrected chi connectivity index (χ3v) is 4.99. The highest BCUT2D eigenvalue weighted by atomic mass is 16.4. The molecule has 1 aliphatic heterocycles. The molecule has 1 aliphatic rings. The van der Waals surface area contributed by atoms with E-state index in [1.807, 2.05) is 32.2 Å². The molecule has 0 saturated carbocycles. The van der Waals surface area contributed by atoms with Crippen LogP contribution in [0.2, 0.25) is 0 Å². The summed E-state index contributed by atoms with van der Waals surface area (Å²) in [7, 11) is 0. The number of aryl methyl sites for hydroxylation is 1. The molecule has 0 amide bonds. The molecule has 138 valence electrons. The quantitative estimate of drug-likeness (QED) is 0.714. The minimum absolute atomic E-state index is 0.117. The molecule has 27 heavy (non-hydrogen) atoms. The maximum absolute atomic E-state index is 11.5. The lowest BCUT2D eigenvalue weighted by Gasteiger charge is -2.32. The summed E-state index contributed by atoms with van der Waals surface area (Å²) in [4.78, 5) is 23.2. The molecule has 0 bridgehead atoms. The smallest absolute Gasteiger partial charge is 0.337 e. The average molecular weight is 362 g/mol. The zero-order valence-corrected chi connectivity index (χ0v) is 15.4. The van der Waals surface area contributed by atoms with Crippen LogP contribution in [0.5, 0.6) is 0 Å². The van der Waals surface area contributed by atoms with Crippen LogP contribution in [0.25, 0.3) is 11.0 Å². The Kier molecular flexibility index (Phi) is 4.39. The van der Waals surface area contributed by atoms with E-state index in [0.29, 0.717) is 5.69 Å². The normalized spacial score (nSPS) is 14.7. The molecule has 1 atom stereocenters. The van der Waals surface area contributed by atoms with Gasteiger partial charge < -0.3 is 15.3 Å². The first-order valence-corrected chi connectivity index (χ1v) is 9.14. The van der Waals surface area contributed by atoms with Gasteiger partial charge in [0.25, 0.3) is 0 Å². The second-order valence-corrected chi connectivity index (χ2v) is 7.01. The standard InChI is InChI=1S/C21H22N4O2/c1-13-10-16(14(2)23-17-7-4-3-6-15(17)21(26)27)20-18(11-13)22-12-19(24-20)25-8-5-9-25/h3-4,6-7,10-12,14,23H,5,8-9H2,1-2H3,(H,26,27)/t14-/m1/s1. The van der Waals surface area contributed by atoms with Crippen molar-refractivity contribution in [3.05, 3.63) is 59.3 Å². The molecule has 6 nitrogen and oxygen atoms in total. The van der Waals surface area contributed by atoms with E-state index in [9.17, 15) is 9.90 Å². The van der Waals surface area contributed by atoms with Crippen molar-refractivity contribution in [3.8, 4) is 0 Å². The van der Waals surface area contributed by atoms with E-state index in [-0.39, 0.29) is 11.6 Å². The Morgan fingerprint density at radius 2 is 2.04 bits per heavy atom. The number of fused-ring (bicyclic) bond motifs is 1. The van der Waals surface area contributed by atoms with Crippen molar-refractivity contribution in [1.29, 1.82) is 0 Å². The van der Waals surface area contributed by atoms with E-state index in [1.54, 1.807) is 18.2 Å². The van der Waals surface area contributed by atoms with E-state index in [0.717, 1.165) is 41.1 Å². The van der Waals surface area contributed by atoms with Crippen LogP contribution in [0, 0.1) is 6.92 Å². The fourth-order valence-electron chi connectivity index (χ4n) is 3.41. The van der Waals surface area contributed by atoms with E-state index in [1.165, 1.54) is 6.42 Å². The molecule has 2 N–H and O–H groups in total. The lowest BCUT2D eigenvalue weighted by atomic mass is 10.0. The number of hydrogen-bond donors (Lipinski definition) is 2. The topological polar surface area (TPSA) is 78.3 Å². The van der Waals surface area contributed by atoms with Crippen LogP contribution in [-0.2, 0) is 0 Å². The number of carbonyl (C=O) groups is 1. The molecular formula is C21H22N4O2. The number of aromatic carboxylic acids is 1. The van der Waals surface area contributed by atoms with Gasteiger partial charge in [-0.15, -0.1) is 0 Å². The van der Waals surface area contributed by atoms with Crippen LogP contribution < -0.4 is 10.2 Å². The molecule has 6 heteroatoms. The zero-order chi connectivity index (χ0) is 19.0. The molecule has 0 radical (unpaired) electrons. The summed E-state index contributed by atoms with van der Waals surface area (Å²) < 4.78 is 0. The summed E-state index contributed by atoms with van der Waals surface area (Å²) in [6.07, 6.45) is 3.02. The van der Waals surface area contributed by atoms with Gasteiger partial charge in [0.15, 0.2) is 0 Å². The van der Waals surface area contributed by atoms with Crippen LogP contribution in [0.1, 0.15) is 40.9 Å². The number of carboxylic acids is 1. The first kappa shape index (κ1) is 17.3. The minimum Gasteiger partial charge on any atom is -0.478 e. The SMILES string of the molecule is Cc1cc([C@@H](C)Nc2ccccc2C(=O)O)c2nc(N3CCC3)cnc2c1. The van der Waals surface area contributed by atoms with Gasteiger partial charge in [-0.05, 0) is 44.0 Å². The van der Waals surface area contributed by atoms with E-state index >= 15 is 0 Å². The van der Waals surface area contributed by atoms with Crippen molar-refractivity contribution in [3.63, 3.8) is 0 Å². The van der Waals surface area contributed by atoms with Crippen LogP contribution in [0.15, 0.2) is 42.6 Å². The van der Waals surface area contributed by atoms with Crippen LogP contribution in [-0.4, -0.2) is 34.1 Å². The molecule has 3 aromatic rings. The lowest BCUT2D eigenvalue weighted by Crippen LogP contribution is -2.37. The molecule has 1 aromatic heterocycles. The highest BCUT2D eigenvalue weighted by Gasteiger charge is 2.19. The average Bonchev–Trinajstić information content (AvgIpc) is 2.60. The molecular weight excluding hydrogens is 340 g/mol. The van der Waals surface area contributed by atoms with Gasteiger partial charge >= 0.3 is 5.97 Å². The number of hydrogen-bond acceptors (Lipinski definition) is 5. The number of benzene rings is 2. The fraction of sp³-hybridized carbons (Fsp3) is 0.286. The first-order valence-electron chi connectivity index (χ1n) is 9.14. The number of nitrogens with one attached hydrogen (secondary N) is 1. The third-order valence-electron chi connectivity index (χ3n) is 4.99. The van der Waals surface area contributed by atoms with E-state index in [4.69, 9.17) is 4.98 Å². The Hall–Kier alpha value is -3.15. The monoisotopic (exact) mass is 362 g/mol. The van der Waals surface area contributed by atoms with Gasteiger partial charge in [0.1, 0.15) is 5.82 Å². The Morgan fingerprint density at radius 3 is 2.74 bits per heavy atom. The fourth-order valence-corrected chi connectivity index (χ4v) is 3.41. The molecule has 4 rings (SSSR count). The van der Waals surface area contributed by atoms with Crippen LogP contribution >= 0.6 is 0 Å². The van der Waals surface area contributed by atoms with Crippen molar-refractivity contribution >= 4 is 28.5 Å². The van der Waals surface area contributed by atoms with Crippen molar-refractivity contribution < 1.29 is 9.90 Å². The Balaban J connectivity index is 1.74. The summed E-state index contributed by atoms with van der Waals surface area (Å²) in [6, 6.07) is 11.0. The minimum atomic E-state index is -0.945. The van der Waals surface area contributed by atoms with Crippen molar-refractivity contribution in [2.75, 3.05) is 23.3 Å². The van der Waals surface area contributed by atoms with Gasteiger partial charge in [-0.1, -0.05) is 18.2 Å². The predicted octanol–water partition coefficient (Wildman–Crippen LogP) is 4.02. The van der Waals surface area contributed by atoms with Crippen molar-refractivity contribution in [2.45, 2.75) is 26.3 Å². The molecule has 2 aromatic carbocycles. The molecule has 0 aliphatic carbocycles. The molecule has 0 unspecified atom stereocenters. The maximum Gasteiger partial charge on any atom is 0.337 e. The van der Waals surface area contributed by atoms with Crippen molar-refractivity contribution in [1.82, 2.24) is 9.97 Å². The molecule has 2 heterocycles. The largest absolute Gasteiger partial charge is 0.478 e. The summed E-state index contributed by atoms with van der Waals surface area (Å²) in [6.45, 7) is 6.08. The molecule has 1 fully saturated rings. The second kappa shape index (κ2) is 6.87.